The second-order valence-corrected chi connectivity index (χ2v) is 4.21. The minimum absolute atomic E-state index is 0. The van der Waals surface area contributed by atoms with Gasteiger partial charge in [-0.2, -0.15) is 0 Å². The molecule has 1 saturated heterocycles. The number of esters is 1. The third kappa shape index (κ3) is 5.75. The lowest BCUT2D eigenvalue weighted by molar-refractivity contribution is -0.143. The van der Waals surface area contributed by atoms with E-state index in [2.05, 4.69) is 10.6 Å². The van der Waals surface area contributed by atoms with E-state index < -0.39 is 12.0 Å². The maximum Gasteiger partial charge on any atom is 0.325 e. The lowest BCUT2D eigenvalue weighted by atomic mass is 10.1. The van der Waals surface area contributed by atoms with Gasteiger partial charge in [0.15, 0.2) is 0 Å². The van der Waals surface area contributed by atoms with Gasteiger partial charge in [0.1, 0.15) is 6.54 Å². The molecular formula is C12H22ClN3O4. The Balaban J connectivity index is 0.00000361. The number of piperazine rings is 1. The largest absolute Gasteiger partial charge is 0.465 e. The summed E-state index contributed by atoms with van der Waals surface area (Å²) in [7, 11) is 0. The molecule has 0 spiro atoms. The number of hydrogen-bond acceptors (Lipinski definition) is 5. The first-order valence-electron chi connectivity index (χ1n) is 6.53. The maximum atomic E-state index is 11.9. The molecule has 1 rings (SSSR count). The van der Waals surface area contributed by atoms with Gasteiger partial charge in [0.2, 0.25) is 11.8 Å². The molecule has 0 aromatic rings. The molecule has 2 amide bonds. The molecule has 0 aromatic heterocycles. The van der Waals surface area contributed by atoms with Crippen LogP contribution in [0.3, 0.4) is 0 Å². The lowest BCUT2D eigenvalue weighted by Gasteiger charge is -2.32. The fraction of sp³-hybridized carbons (Fsp3) is 0.750. The number of hydrogen-bond donors (Lipinski definition) is 2. The number of halogens is 1. The summed E-state index contributed by atoms with van der Waals surface area (Å²) >= 11 is 0. The van der Waals surface area contributed by atoms with Crippen molar-refractivity contribution in [2.24, 2.45) is 0 Å². The van der Waals surface area contributed by atoms with Crippen LogP contribution in [-0.4, -0.2) is 61.5 Å². The van der Waals surface area contributed by atoms with Crippen molar-refractivity contribution in [1.82, 2.24) is 15.5 Å². The van der Waals surface area contributed by atoms with Gasteiger partial charge in [-0.3, -0.25) is 14.4 Å². The van der Waals surface area contributed by atoms with Crippen molar-refractivity contribution in [2.45, 2.75) is 26.3 Å². The third-order valence-electron chi connectivity index (χ3n) is 2.89. The first kappa shape index (κ1) is 18.7. The zero-order chi connectivity index (χ0) is 14.3. The predicted octanol–water partition coefficient (Wildman–Crippen LogP) is -0.702. The van der Waals surface area contributed by atoms with Crippen molar-refractivity contribution >= 4 is 30.2 Å². The van der Waals surface area contributed by atoms with Crippen LogP contribution in [0.2, 0.25) is 0 Å². The van der Waals surface area contributed by atoms with E-state index in [1.54, 1.807) is 11.8 Å². The number of ether oxygens (including phenoxy) is 1. The van der Waals surface area contributed by atoms with Gasteiger partial charge in [-0.15, -0.1) is 12.4 Å². The predicted molar refractivity (Wildman–Crippen MR) is 75.6 cm³/mol. The van der Waals surface area contributed by atoms with Crippen molar-refractivity contribution in [1.29, 1.82) is 0 Å². The summed E-state index contributed by atoms with van der Waals surface area (Å²) in [5.74, 6) is -0.883. The normalized spacial score (nSPS) is 18.2. The van der Waals surface area contributed by atoms with E-state index >= 15 is 0 Å². The molecule has 0 aliphatic carbocycles. The second kappa shape index (κ2) is 9.55. The van der Waals surface area contributed by atoms with Gasteiger partial charge < -0.3 is 20.3 Å². The fourth-order valence-corrected chi connectivity index (χ4v) is 1.91. The van der Waals surface area contributed by atoms with Gasteiger partial charge in [-0.05, 0) is 13.8 Å². The van der Waals surface area contributed by atoms with E-state index in [-0.39, 0.29) is 43.8 Å². The second-order valence-electron chi connectivity index (χ2n) is 4.21. The van der Waals surface area contributed by atoms with E-state index in [1.807, 2.05) is 6.92 Å². The summed E-state index contributed by atoms with van der Waals surface area (Å²) in [6.07, 6.45) is 0.0364. The van der Waals surface area contributed by atoms with Gasteiger partial charge >= 0.3 is 5.97 Å². The van der Waals surface area contributed by atoms with E-state index in [9.17, 15) is 14.4 Å². The van der Waals surface area contributed by atoms with Crippen LogP contribution in [0, 0.1) is 0 Å². The number of nitrogens with zero attached hydrogens (tertiary/aromatic N) is 1. The fourth-order valence-electron chi connectivity index (χ4n) is 1.91. The molecule has 8 heteroatoms. The molecule has 1 unspecified atom stereocenters. The van der Waals surface area contributed by atoms with Gasteiger partial charge in [0.05, 0.1) is 19.1 Å². The summed E-state index contributed by atoms with van der Waals surface area (Å²) in [5, 5.41) is 5.45. The van der Waals surface area contributed by atoms with Crippen LogP contribution in [0.5, 0.6) is 0 Å². The van der Waals surface area contributed by atoms with Crippen LogP contribution in [0.1, 0.15) is 20.3 Å². The molecule has 1 aliphatic rings. The lowest BCUT2D eigenvalue weighted by Crippen LogP contribution is -2.56. The first-order chi connectivity index (χ1) is 9.08. The highest BCUT2D eigenvalue weighted by Gasteiger charge is 2.29. The summed E-state index contributed by atoms with van der Waals surface area (Å²) in [5.41, 5.74) is 0. The minimum Gasteiger partial charge on any atom is -0.465 e. The van der Waals surface area contributed by atoms with Crippen molar-refractivity contribution in [3.8, 4) is 0 Å². The van der Waals surface area contributed by atoms with E-state index in [0.29, 0.717) is 19.6 Å². The molecular weight excluding hydrogens is 286 g/mol. The molecule has 7 nitrogen and oxygen atoms in total. The molecule has 2 N–H and O–H groups in total. The smallest absolute Gasteiger partial charge is 0.325 e. The highest BCUT2D eigenvalue weighted by Crippen LogP contribution is 2.04. The number of rotatable bonds is 6. The molecule has 1 fully saturated rings. The molecule has 0 aromatic carbocycles. The van der Waals surface area contributed by atoms with Crippen LogP contribution in [-0.2, 0) is 19.1 Å². The quantitative estimate of drug-likeness (QED) is 0.634. The van der Waals surface area contributed by atoms with Crippen LogP contribution >= 0.6 is 12.4 Å². The van der Waals surface area contributed by atoms with Crippen molar-refractivity contribution in [3.63, 3.8) is 0 Å². The van der Waals surface area contributed by atoms with Crippen molar-refractivity contribution in [3.05, 3.63) is 0 Å². The Bertz CT molecular complexity index is 352. The zero-order valence-corrected chi connectivity index (χ0v) is 12.6. The summed E-state index contributed by atoms with van der Waals surface area (Å²) in [6.45, 7) is 5.70. The summed E-state index contributed by atoms with van der Waals surface area (Å²) in [4.78, 5) is 36.3. The van der Waals surface area contributed by atoms with Crippen molar-refractivity contribution in [2.75, 3.05) is 32.8 Å². The minimum atomic E-state index is -0.504. The van der Waals surface area contributed by atoms with Gasteiger partial charge in [0.25, 0.3) is 0 Å². The van der Waals surface area contributed by atoms with E-state index in [4.69, 9.17) is 4.74 Å². The highest BCUT2D eigenvalue weighted by molar-refractivity contribution is 5.90. The Labute approximate surface area is 124 Å². The number of amides is 2. The molecule has 0 radical (unpaired) electrons. The molecule has 0 bridgehead atoms. The van der Waals surface area contributed by atoms with Crippen LogP contribution < -0.4 is 10.6 Å². The Hall–Kier alpha value is -1.34. The van der Waals surface area contributed by atoms with Crippen molar-refractivity contribution < 1.29 is 19.1 Å². The monoisotopic (exact) mass is 307 g/mol. The Morgan fingerprint density at radius 1 is 1.45 bits per heavy atom. The average Bonchev–Trinajstić information content (AvgIpc) is 2.39. The standard InChI is InChI=1S/C12H21N3O4.ClH/c1-3-15-6-5-13-9(12(15)18)7-10(16)14-8-11(17)19-4-2;/h9,13H,3-8H2,1-2H3,(H,14,16);1H. The summed E-state index contributed by atoms with van der Waals surface area (Å²) in [6, 6.07) is -0.504. The van der Waals surface area contributed by atoms with E-state index in [0.717, 1.165) is 0 Å². The Morgan fingerprint density at radius 3 is 2.75 bits per heavy atom. The zero-order valence-electron chi connectivity index (χ0n) is 11.8. The molecule has 116 valence electrons. The SMILES string of the molecule is CCOC(=O)CNC(=O)CC1NCCN(CC)C1=O.Cl. The van der Waals surface area contributed by atoms with Gasteiger partial charge in [0, 0.05) is 19.6 Å². The first-order valence-corrected chi connectivity index (χ1v) is 6.53. The molecule has 20 heavy (non-hydrogen) atoms. The number of nitrogens with one attached hydrogen (secondary N) is 2. The molecule has 1 heterocycles. The van der Waals surface area contributed by atoms with Crippen LogP contribution in [0.15, 0.2) is 0 Å². The Kier molecular flexibility index (Phi) is 8.91. The number of likely N-dealkylation sites (N-methyl/N-ethyl adjacent to an activating group) is 1. The topological polar surface area (TPSA) is 87.7 Å². The van der Waals surface area contributed by atoms with Gasteiger partial charge in [-0.1, -0.05) is 0 Å². The molecule has 1 atom stereocenters. The van der Waals surface area contributed by atoms with E-state index in [1.165, 1.54) is 0 Å². The van der Waals surface area contributed by atoms with Gasteiger partial charge in [-0.25, -0.2) is 0 Å². The maximum absolute atomic E-state index is 11.9. The molecule has 1 aliphatic heterocycles. The highest BCUT2D eigenvalue weighted by atomic mass is 35.5. The third-order valence-corrected chi connectivity index (χ3v) is 2.89. The number of carbonyl (C=O) groups is 3. The number of carbonyl (C=O) groups excluding carboxylic acids is 3. The van der Waals surface area contributed by atoms with Crippen LogP contribution in [0.25, 0.3) is 0 Å². The summed E-state index contributed by atoms with van der Waals surface area (Å²) < 4.78 is 4.69. The average molecular weight is 308 g/mol. The van der Waals surface area contributed by atoms with Crippen LogP contribution in [0.4, 0.5) is 0 Å². The Morgan fingerprint density at radius 2 is 2.15 bits per heavy atom. The molecule has 0 saturated carbocycles.